The second kappa shape index (κ2) is 13.0. The number of hydrogen-bond acceptors (Lipinski definition) is 8. The average Bonchev–Trinajstić information content (AvgIpc) is 3.27. The molecule has 11 aromatic rings. The molecule has 0 aliphatic heterocycles. The van der Waals surface area contributed by atoms with Crippen molar-refractivity contribution < 1.29 is 13.0 Å². The first-order valence-corrected chi connectivity index (χ1v) is 20.0. The molecule has 0 saturated carbocycles. The van der Waals surface area contributed by atoms with Crippen molar-refractivity contribution >= 4 is 75.5 Å². The fraction of sp³-hybridized carbons (Fsp3) is 0. The van der Waals surface area contributed by atoms with Gasteiger partial charge in [0.25, 0.3) is 10.1 Å². The van der Waals surface area contributed by atoms with Crippen LogP contribution in [0.2, 0.25) is 0 Å². The molecule has 0 radical (unpaired) electrons. The molecule has 58 heavy (non-hydrogen) atoms. The molecule has 5 aromatic carbocycles. The summed E-state index contributed by atoms with van der Waals surface area (Å²) in [4.78, 5) is 29.2. The Morgan fingerprint density at radius 2 is 0.672 bits per heavy atom. The number of benzene rings is 5. The average molecular weight is 769 g/mol. The van der Waals surface area contributed by atoms with E-state index in [1.807, 2.05) is 115 Å². The molecule has 0 saturated heterocycles. The van der Waals surface area contributed by atoms with Crippen LogP contribution in [0.25, 0.3) is 110 Å². The molecular weight excluding hydrogens is 741 g/mol. The lowest BCUT2D eigenvalue weighted by atomic mass is 10.0. The molecule has 0 aliphatic carbocycles. The van der Waals surface area contributed by atoms with Crippen molar-refractivity contribution in [2.24, 2.45) is 0 Å². The van der Waals surface area contributed by atoms with Gasteiger partial charge in [0.15, 0.2) is 0 Å². The minimum absolute atomic E-state index is 0.261. The smallest absolute Gasteiger partial charge is 0.282 e. The number of pyridine rings is 6. The van der Waals surface area contributed by atoms with Crippen LogP contribution < -0.4 is 0 Å². The van der Waals surface area contributed by atoms with Crippen LogP contribution in [0.3, 0.4) is 0 Å². The van der Waals surface area contributed by atoms with Crippen molar-refractivity contribution in [3.05, 3.63) is 164 Å². The van der Waals surface area contributed by atoms with Gasteiger partial charge in [0.1, 0.15) is 0 Å². The van der Waals surface area contributed by atoms with Gasteiger partial charge in [-0.3, -0.25) is 14.5 Å². The molecule has 0 fully saturated rings. The Morgan fingerprint density at radius 3 is 1.07 bits per heavy atom. The molecule has 6 aromatic heterocycles. The van der Waals surface area contributed by atoms with Crippen molar-refractivity contribution in [1.29, 1.82) is 0 Å². The monoisotopic (exact) mass is 768 g/mol. The van der Waals surface area contributed by atoms with Gasteiger partial charge in [-0.05, 0) is 60.7 Å². The summed E-state index contributed by atoms with van der Waals surface area (Å²) in [6.45, 7) is 0. The Balaban J connectivity index is 1.02. The van der Waals surface area contributed by atoms with Crippen molar-refractivity contribution in [2.45, 2.75) is 4.90 Å². The molecular formula is C48H28N6O3S. The van der Waals surface area contributed by atoms with Crippen LogP contribution in [0.1, 0.15) is 0 Å². The van der Waals surface area contributed by atoms with E-state index in [0.717, 1.165) is 71.4 Å². The lowest BCUT2D eigenvalue weighted by molar-refractivity contribution is 0.483. The van der Waals surface area contributed by atoms with E-state index in [2.05, 4.69) is 34.2 Å². The maximum absolute atomic E-state index is 12.7. The summed E-state index contributed by atoms with van der Waals surface area (Å²) in [6.07, 6.45) is 3.51. The fourth-order valence-corrected chi connectivity index (χ4v) is 8.29. The van der Waals surface area contributed by atoms with E-state index >= 15 is 0 Å². The molecule has 0 spiro atoms. The Hall–Kier alpha value is -7.53. The van der Waals surface area contributed by atoms with Crippen LogP contribution in [0, 0.1) is 0 Å². The lowest BCUT2D eigenvalue weighted by Crippen LogP contribution is -2.00. The number of rotatable bonds is 5. The molecule has 0 amide bonds. The molecule has 6 heterocycles. The lowest BCUT2D eigenvalue weighted by Gasteiger charge is -2.11. The zero-order valence-electron chi connectivity index (χ0n) is 30.4. The van der Waals surface area contributed by atoms with Crippen LogP contribution in [0.5, 0.6) is 0 Å². The quantitative estimate of drug-likeness (QED) is 0.134. The summed E-state index contributed by atoms with van der Waals surface area (Å²) < 4.78 is 35.6. The first-order chi connectivity index (χ1) is 28.3. The molecule has 0 aliphatic rings. The fourth-order valence-electron chi connectivity index (χ4n) is 7.74. The van der Waals surface area contributed by atoms with Crippen molar-refractivity contribution in [1.82, 2.24) is 29.9 Å². The van der Waals surface area contributed by atoms with Gasteiger partial charge < -0.3 is 0 Å². The molecule has 0 atom stereocenters. The van der Waals surface area contributed by atoms with Gasteiger partial charge in [0.05, 0.1) is 60.8 Å². The van der Waals surface area contributed by atoms with E-state index in [-0.39, 0.29) is 4.90 Å². The van der Waals surface area contributed by atoms with Crippen LogP contribution in [-0.2, 0) is 10.1 Å². The summed E-state index contributed by atoms with van der Waals surface area (Å²) in [5.74, 6) is 0. The molecule has 274 valence electrons. The maximum atomic E-state index is 12.7. The summed E-state index contributed by atoms with van der Waals surface area (Å²) in [7, 11) is -4.59. The van der Waals surface area contributed by atoms with Gasteiger partial charge in [-0.25, -0.2) is 19.9 Å². The highest BCUT2D eigenvalue weighted by molar-refractivity contribution is 7.85. The highest BCUT2D eigenvalue weighted by Crippen LogP contribution is 2.34. The number of aromatic nitrogens is 6. The molecule has 0 unspecified atom stereocenters. The van der Waals surface area contributed by atoms with E-state index in [9.17, 15) is 13.0 Å². The van der Waals surface area contributed by atoms with Crippen molar-refractivity contribution in [2.75, 3.05) is 0 Å². The first-order valence-electron chi connectivity index (χ1n) is 18.6. The van der Waals surface area contributed by atoms with Gasteiger partial charge >= 0.3 is 0 Å². The van der Waals surface area contributed by atoms with Crippen LogP contribution >= 0.6 is 0 Å². The van der Waals surface area contributed by atoms with Crippen molar-refractivity contribution in [3.63, 3.8) is 0 Å². The van der Waals surface area contributed by atoms with Crippen LogP contribution in [-0.4, -0.2) is 42.9 Å². The zero-order valence-corrected chi connectivity index (χ0v) is 31.3. The second-order valence-corrected chi connectivity index (χ2v) is 15.6. The summed E-state index contributed by atoms with van der Waals surface area (Å²) in [5.41, 5.74) is 10.0. The summed E-state index contributed by atoms with van der Waals surface area (Å²) in [5, 5.41) is 5.69. The van der Waals surface area contributed by atoms with Gasteiger partial charge in [0.2, 0.25) is 0 Å². The highest BCUT2D eigenvalue weighted by Gasteiger charge is 2.18. The summed E-state index contributed by atoms with van der Waals surface area (Å²) >= 11 is 0. The predicted octanol–water partition coefficient (Wildman–Crippen LogP) is 10.9. The third-order valence-electron chi connectivity index (χ3n) is 10.6. The molecule has 1 N–H and O–H groups in total. The SMILES string of the molecule is O=S(=O)(O)c1cc(-c2ccc3ccc4cccnc4c3n2)cc(-c2ccc3ccc4ccc(-c5cccc(-c6ccc7ccc8cccnc8c7n6)c5)nc4c3n2)c1. The Labute approximate surface area is 331 Å². The Bertz CT molecular complexity index is 3630. The van der Waals surface area contributed by atoms with Gasteiger partial charge in [-0.1, -0.05) is 91.0 Å². The zero-order chi connectivity index (χ0) is 39.0. The number of nitrogens with zero attached hydrogens (tertiary/aromatic N) is 6. The normalized spacial score (nSPS) is 12.0. The third-order valence-corrected chi connectivity index (χ3v) is 11.5. The molecule has 0 bridgehead atoms. The largest absolute Gasteiger partial charge is 0.294 e. The minimum Gasteiger partial charge on any atom is -0.282 e. The van der Waals surface area contributed by atoms with Gasteiger partial charge in [-0.2, -0.15) is 8.42 Å². The molecule has 11 rings (SSSR count). The number of hydrogen-bond donors (Lipinski definition) is 1. The Kier molecular flexibility index (Phi) is 7.58. The maximum Gasteiger partial charge on any atom is 0.294 e. The topological polar surface area (TPSA) is 132 Å². The van der Waals surface area contributed by atoms with E-state index in [0.29, 0.717) is 39.1 Å². The molecule has 10 heteroatoms. The summed E-state index contributed by atoms with van der Waals surface area (Å²) in [6, 6.07) is 48.5. The molecule has 9 nitrogen and oxygen atoms in total. The van der Waals surface area contributed by atoms with Crippen LogP contribution in [0.15, 0.2) is 169 Å². The highest BCUT2D eigenvalue weighted by atomic mass is 32.2. The Morgan fingerprint density at radius 1 is 0.345 bits per heavy atom. The van der Waals surface area contributed by atoms with E-state index in [4.69, 9.17) is 19.9 Å². The van der Waals surface area contributed by atoms with Gasteiger partial charge in [-0.15, -0.1) is 0 Å². The van der Waals surface area contributed by atoms with Crippen molar-refractivity contribution in [3.8, 4) is 45.0 Å². The standard InChI is InChI=1S/C48H28N6O3S/c55-58(56,57)38-26-36(41-20-16-31-11-9-29-7-3-23-50-44(29)46(31)53-41)25-37(27-38)42-21-17-33-13-12-32-15-19-40(52-47(32)48(33)54-42)35-5-1-4-34(24-35)39-18-14-30-10-8-28-6-2-22-49-43(28)45(30)51-39/h1-27H,(H,55,56,57). The van der Waals surface area contributed by atoms with E-state index in [1.54, 1.807) is 12.4 Å². The van der Waals surface area contributed by atoms with E-state index in [1.165, 1.54) is 12.1 Å². The first kappa shape index (κ1) is 33.8. The predicted molar refractivity (Wildman–Crippen MR) is 230 cm³/mol. The van der Waals surface area contributed by atoms with Gasteiger partial charge in [0, 0.05) is 67.0 Å². The number of fused-ring (bicyclic) bond motifs is 9. The van der Waals surface area contributed by atoms with Crippen LogP contribution in [0.4, 0.5) is 0 Å². The van der Waals surface area contributed by atoms with E-state index < -0.39 is 10.1 Å². The second-order valence-electron chi connectivity index (χ2n) is 14.2. The third kappa shape index (κ3) is 5.78. The minimum atomic E-state index is -4.59.